The molecule has 1 aromatic rings. The maximum atomic E-state index is 13.6. The van der Waals surface area contributed by atoms with Gasteiger partial charge in [-0.2, -0.15) is 0 Å². The molecule has 19 heavy (non-hydrogen) atoms. The predicted octanol–water partition coefficient (Wildman–Crippen LogP) is 1.98. The van der Waals surface area contributed by atoms with Gasteiger partial charge < -0.3 is 4.74 Å². The van der Waals surface area contributed by atoms with Crippen molar-refractivity contribution in [2.75, 3.05) is 19.5 Å². The Labute approximate surface area is 111 Å². The number of hydrogen-bond donors (Lipinski definition) is 1. The third-order valence-electron chi connectivity index (χ3n) is 2.62. The number of halogens is 2. The fourth-order valence-electron chi connectivity index (χ4n) is 1.62. The Hall–Kier alpha value is -1.05. The van der Waals surface area contributed by atoms with E-state index < -0.39 is 27.7 Å². The highest BCUT2D eigenvalue weighted by atomic mass is 32.2. The second-order valence-electron chi connectivity index (χ2n) is 4.06. The standard InChI is InChI=1S/C12H17F2NO3S/c1-3-12(15-19(16,17)7-6-18-2)10-8-9(13)4-5-11(10)14/h4-5,8,12,15H,3,6-7H2,1-2H3. The second kappa shape index (κ2) is 6.93. The van der Waals surface area contributed by atoms with E-state index >= 15 is 0 Å². The van der Waals surface area contributed by atoms with Crippen molar-refractivity contribution >= 4 is 10.0 Å². The molecule has 0 aliphatic rings. The molecule has 0 saturated heterocycles. The molecule has 7 heteroatoms. The summed E-state index contributed by atoms with van der Waals surface area (Å²) in [5.74, 6) is -1.47. The van der Waals surface area contributed by atoms with Crippen molar-refractivity contribution in [2.24, 2.45) is 0 Å². The summed E-state index contributed by atoms with van der Waals surface area (Å²) >= 11 is 0. The van der Waals surface area contributed by atoms with E-state index in [1.54, 1.807) is 6.92 Å². The van der Waals surface area contributed by atoms with Gasteiger partial charge in [0.1, 0.15) is 11.6 Å². The zero-order valence-corrected chi connectivity index (χ0v) is 11.6. The quantitative estimate of drug-likeness (QED) is 0.836. The van der Waals surface area contributed by atoms with Crippen LogP contribution in [-0.4, -0.2) is 27.9 Å². The Morgan fingerprint density at radius 2 is 2.05 bits per heavy atom. The Morgan fingerprint density at radius 1 is 1.37 bits per heavy atom. The summed E-state index contributed by atoms with van der Waals surface area (Å²) in [6, 6.07) is 2.18. The molecule has 0 amide bonds. The van der Waals surface area contributed by atoms with Crippen molar-refractivity contribution in [1.29, 1.82) is 0 Å². The van der Waals surface area contributed by atoms with Crippen LogP contribution in [0.3, 0.4) is 0 Å². The highest BCUT2D eigenvalue weighted by Gasteiger charge is 2.21. The zero-order valence-electron chi connectivity index (χ0n) is 10.8. The first-order valence-corrected chi connectivity index (χ1v) is 7.48. The van der Waals surface area contributed by atoms with Crippen molar-refractivity contribution in [1.82, 2.24) is 4.72 Å². The van der Waals surface area contributed by atoms with Crippen molar-refractivity contribution in [2.45, 2.75) is 19.4 Å². The van der Waals surface area contributed by atoms with Gasteiger partial charge in [-0.3, -0.25) is 0 Å². The summed E-state index contributed by atoms with van der Waals surface area (Å²) in [6.45, 7) is 1.73. The molecular weight excluding hydrogens is 276 g/mol. The normalized spacial score (nSPS) is 13.5. The molecule has 4 nitrogen and oxygen atoms in total. The second-order valence-corrected chi connectivity index (χ2v) is 5.93. The third kappa shape index (κ3) is 4.85. The first-order chi connectivity index (χ1) is 8.89. The molecule has 0 aliphatic heterocycles. The monoisotopic (exact) mass is 293 g/mol. The Kier molecular flexibility index (Phi) is 5.84. The van der Waals surface area contributed by atoms with Crippen LogP contribution < -0.4 is 4.72 Å². The van der Waals surface area contributed by atoms with Gasteiger partial charge in [0, 0.05) is 18.7 Å². The molecule has 0 saturated carbocycles. The Balaban J connectivity index is 2.92. The smallest absolute Gasteiger partial charge is 0.214 e. The van der Waals surface area contributed by atoms with Gasteiger partial charge in [-0.25, -0.2) is 21.9 Å². The van der Waals surface area contributed by atoms with Gasteiger partial charge in [0.25, 0.3) is 0 Å². The summed E-state index contributed by atoms with van der Waals surface area (Å²) < 4.78 is 57.2. The highest BCUT2D eigenvalue weighted by molar-refractivity contribution is 7.89. The Bertz CT molecular complexity index is 520. The fraction of sp³-hybridized carbons (Fsp3) is 0.500. The minimum absolute atomic E-state index is 0.00323. The van der Waals surface area contributed by atoms with Gasteiger partial charge in [-0.15, -0.1) is 0 Å². The van der Waals surface area contributed by atoms with Gasteiger partial charge in [0.05, 0.1) is 12.4 Å². The summed E-state index contributed by atoms with van der Waals surface area (Å²) in [4.78, 5) is 0. The van der Waals surface area contributed by atoms with E-state index in [0.717, 1.165) is 18.2 Å². The lowest BCUT2D eigenvalue weighted by Gasteiger charge is -2.18. The molecule has 1 N–H and O–H groups in total. The lowest BCUT2D eigenvalue weighted by molar-refractivity contribution is 0.216. The van der Waals surface area contributed by atoms with E-state index in [1.807, 2.05) is 0 Å². The minimum atomic E-state index is -3.60. The molecule has 0 aromatic heterocycles. The third-order valence-corrected chi connectivity index (χ3v) is 3.97. The number of hydrogen-bond acceptors (Lipinski definition) is 3. The van der Waals surface area contributed by atoms with Gasteiger partial charge >= 0.3 is 0 Å². The molecule has 0 fully saturated rings. The molecule has 1 unspecified atom stereocenters. The fourth-order valence-corrected chi connectivity index (χ4v) is 2.85. The first kappa shape index (κ1) is 16.0. The molecule has 0 heterocycles. The minimum Gasteiger partial charge on any atom is -0.384 e. The van der Waals surface area contributed by atoms with Gasteiger partial charge in [-0.05, 0) is 24.6 Å². The van der Waals surface area contributed by atoms with Crippen LogP contribution in [0.4, 0.5) is 8.78 Å². The molecule has 1 atom stereocenters. The van der Waals surface area contributed by atoms with E-state index in [-0.39, 0.29) is 17.9 Å². The van der Waals surface area contributed by atoms with E-state index in [2.05, 4.69) is 9.46 Å². The summed E-state index contributed by atoms with van der Waals surface area (Å²) in [5.41, 5.74) is 0.00323. The number of nitrogens with one attached hydrogen (secondary N) is 1. The van der Waals surface area contributed by atoms with Crippen molar-refractivity contribution in [3.63, 3.8) is 0 Å². The van der Waals surface area contributed by atoms with Crippen LogP contribution in [0.25, 0.3) is 0 Å². The van der Waals surface area contributed by atoms with Crippen molar-refractivity contribution in [3.05, 3.63) is 35.4 Å². The van der Waals surface area contributed by atoms with Crippen LogP contribution in [0.5, 0.6) is 0 Å². The van der Waals surface area contributed by atoms with E-state index in [1.165, 1.54) is 7.11 Å². The largest absolute Gasteiger partial charge is 0.384 e. The van der Waals surface area contributed by atoms with E-state index in [0.29, 0.717) is 6.42 Å². The maximum absolute atomic E-state index is 13.6. The average Bonchev–Trinajstić information content (AvgIpc) is 2.37. The number of benzene rings is 1. The molecule has 1 aromatic carbocycles. The summed E-state index contributed by atoms with van der Waals surface area (Å²) in [5, 5.41) is 0. The number of ether oxygens (including phenoxy) is 1. The highest BCUT2D eigenvalue weighted by Crippen LogP contribution is 2.22. The predicted molar refractivity (Wildman–Crippen MR) is 68.2 cm³/mol. The Morgan fingerprint density at radius 3 is 2.63 bits per heavy atom. The van der Waals surface area contributed by atoms with Crippen LogP contribution >= 0.6 is 0 Å². The number of sulfonamides is 1. The summed E-state index contributed by atoms with van der Waals surface area (Å²) in [6.07, 6.45) is 0.312. The zero-order chi connectivity index (χ0) is 14.5. The lowest BCUT2D eigenvalue weighted by Crippen LogP contribution is -2.32. The van der Waals surface area contributed by atoms with Crippen LogP contribution in [0, 0.1) is 11.6 Å². The number of rotatable bonds is 7. The molecular formula is C12H17F2NO3S. The van der Waals surface area contributed by atoms with Crippen LogP contribution in [0.2, 0.25) is 0 Å². The van der Waals surface area contributed by atoms with Gasteiger partial charge in [0.2, 0.25) is 10.0 Å². The molecule has 0 radical (unpaired) electrons. The van der Waals surface area contributed by atoms with E-state index in [9.17, 15) is 17.2 Å². The topological polar surface area (TPSA) is 55.4 Å². The average molecular weight is 293 g/mol. The van der Waals surface area contributed by atoms with Crippen LogP contribution in [0.1, 0.15) is 24.9 Å². The molecule has 1 rings (SSSR count). The van der Waals surface area contributed by atoms with E-state index in [4.69, 9.17) is 0 Å². The molecule has 108 valence electrons. The van der Waals surface area contributed by atoms with Crippen molar-refractivity contribution in [3.8, 4) is 0 Å². The number of methoxy groups -OCH3 is 1. The molecule has 0 aliphatic carbocycles. The van der Waals surface area contributed by atoms with Crippen molar-refractivity contribution < 1.29 is 21.9 Å². The molecule has 0 bridgehead atoms. The molecule has 0 spiro atoms. The lowest BCUT2D eigenvalue weighted by atomic mass is 10.1. The van der Waals surface area contributed by atoms with Gasteiger partial charge in [-0.1, -0.05) is 6.92 Å². The van der Waals surface area contributed by atoms with Gasteiger partial charge in [0.15, 0.2) is 0 Å². The SMILES string of the molecule is CCC(NS(=O)(=O)CCOC)c1cc(F)ccc1F. The maximum Gasteiger partial charge on any atom is 0.214 e. The summed E-state index contributed by atoms with van der Waals surface area (Å²) in [7, 11) is -2.21. The first-order valence-electron chi connectivity index (χ1n) is 5.83. The van der Waals surface area contributed by atoms with Crippen LogP contribution in [-0.2, 0) is 14.8 Å². The van der Waals surface area contributed by atoms with Crippen LogP contribution in [0.15, 0.2) is 18.2 Å².